The fourth-order valence-electron chi connectivity index (χ4n) is 3.19. The number of carbonyl (C=O) groups is 2. The Kier molecular flexibility index (Phi) is 14.2. The molecule has 0 spiro atoms. The van der Waals surface area contributed by atoms with Crippen molar-refractivity contribution < 1.29 is 28.5 Å². The van der Waals surface area contributed by atoms with Gasteiger partial charge < -0.3 is 23.8 Å². The molecule has 0 radical (unpaired) electrons. The van der Waals surface area contributed by atoms with E-state index in [1.165, 1.54) is 26.4 Å². The molecule has 1 amide bonds. The molecule has 1 atom stereocenters. The first-order chi connectivity index (χ1) is 15.0. The van der Waals surface area contributed by atoms with Crippen LogP contribution >= 0.6 is 0 Å². The molecule has 0 saturated heterocycles. The first kappa shape index (κ1) is 26.8. The maximum atomic E-state index is 12.0. The molecule has 0 aromatic heterocycles. The van der Waals surface area contributed by atoms with Crippen molar-refractivity contribution in [3.05, 3.63) is 29.8 Å². The van der Waals surface area contributed by atoms with Gasteiger partial charge in [0.25, 0.3) is 0 Å². The Morgan fingerprint density at radius 2 is 1.65 bits per heavy atom. The van der Waals surface area contributed by atoms with Crippen molar-refractivity contribution in [2.75, 3.05) is 40.0 Å². The number of ether oxygens (including phenoxy) is 4. The highest BCUT2D eigenvalue weighted by Crippen LogP contribution is 2.15. The lowest BCUT2D eigenvalue weighted by Crippen LogP contribution is -2.35. The van der Waals surface area contributed by atoms with Gasteiger partial charge in [0.15, 0.2) is 6.10 Å². The predicted molar refractivity (Wildman–Crippen MR) is 120 cm³/mol. The standard InChI is InChI=1S/C24H39NO6/c1-5-8-9-10-11-16-25(24(27)28-4)17-18-31-21-14-12-20(13-15-21)19-22(29-6-2)23(26)30-7-3/h12-15,22H,5-11,16-19H2,1-4H3/t22-/m1/s1. The van der Waals surface area contributed by atoms with Gasteiger partial charge in [0.05, 0.1) is 20.3 Å². The third-order valence-electron chi connectivity index (χ3n) is 4.86. The van der Waals surface area contributed by atoms with Crippen LogP contribution in [0.5, 0.6) is 5.75 Å². The van der Waals surface area contributed by atoms with Crippen LogP contribution in [0.1, 0.15) is 58.4 Å². The zero-order chi connectivity index (χ0) is 22.9. The quantitative estimate of drug-likeness (QED) is 0.278. The van der Waals surface area contributed by atoms with Crippen LogP contribution in [0.2, 0.25) is 0 Å². The van der Waals surface area contributed by atoms with Crippen LogP contribution in [-0.2, 0) is 25.4 Å². The zero-order valence-corrected chi connectivity index (χ0v) is 19.6. The Morgan fingerprint density at radius 3 is 2.26 bits per heavy atom. The van der Waals surface area contributed by atoms with Gasteiger partial charge in [-0.2, -0.15) is 0 Å². The second-order valence-electron chi connectivity index (χ2n) is 7.26. The second kappa shape index (κ2) is 16.4. The number of hydrogen-bond acceptors (Lipinski definition) is 6. The molecular weight excluding hydrogens is 398 g/mol. The molecule has 0 N–H and O–H groups in total. The first-order valence-corrected chi connectivity index (χ1v) is 11.4. The van der Waals surface area contributed by atoms with E-state index in [2.05, 4.69) is 6.92 Å². The number of carbonyl (C=O) groups excluding carboxylic acids is 2. The normalized spacial score (nSPS) is 11.6. The average molecular weight is 438 g/mol. The minimum Gasteiger partial charge on any atom is -0.492 e. The summed E-state index contributed by atoms with van der Waals surface area (Å²) in [7, 11) is 1.40. The van der Waals surface area contributed by atoms with Crippen molar-refractivity contribution in [3.8, 4) is 5.75 Å². The summed E-state index contributed by atoms with van der Waals surface area (Å²) in [5.41, 5.74) is 0.960. The number of benzene rings is 1. The minimum absolute atomic E-state index is 0.324. The number of unbranched alkanes of at least 4 members (excludes halogenated alkanes) is 4. The molecular formula is C24H39NO6. The summed E-state index contributed by atoms with van der Waals surface area (Å²) in [6.45, 7) is 8.11. The van der Waals surface area contributed by atoms with Crippen molar-refractivity contribution in [1.82, 2.24) is 4.90 Å². The highest BCUT2D eigenvalue weighted by atomic mass is 16.6. The van der Waals surface area contributed by atoms with Crippen LogP contribution in [0.25, 0.3) is 0 Å². The highest BCUT2D eigenvalue weighted by Gasteiger charge is 2.20. The Bertz CT molecular complexity index is 619. The zero-order valence-electron chi connectivity index (χ0n) is 19.6. The molecule has 0 heterocycles. The molecule has 0 aliphatic carbocycles. The van der Waals surface area contributed by atoms with E-state index in [1.807, 2.05) is 31.2 Å². The third-order valence-corrected chi connectivity index (χ3v) is 4.86. The fourth-order valence-corrected chi connectivity index (χ4v) is 3.19. The summed E-state index contributed by atoms with van der Waals surface area (Å²) in [4.78, 5) is 25.7. The van der Waals surface area contributed by atoms with Gasteiger partial charge in [-0.05, 0) is 38.0 Å². The van der Waals surface area contributed by atoms with Crippen molar-refractivity contribution in [3.63, 3.8) is 0 Å². The van der Waals surface area contributed by atoms with E-state index < -0.39 is 6.10 Å². The molecule has 176 valence electrons. The predicted octanol–water partition coefficient (Wildman–Crippen LogP) is 4.61. The van der Waals surface area contributed by atoms with Crippen molar-refractivity contribution in [2.45, 2.75) is 65.4 Å². The number of amides is 1. The van der Waals surface area contributed by atoms with Gasteiger partial charge in [0, 0.05) is 19.6 Å². The molecule has 1 aromatic rings. The minimum atomic E-state index is -0.609. The number of methoxy groups -OCH3 is 1. The largest absolute Gasteiger partial charge is 0.492 e. The van der Waals surface area contributed by atoms with Gasteiger partial charge >= 0.3 is 12.1 Å². The van der Waals surface area contributed by atoms with Crippen LogP contribution in [0.4, 0.5) is 4.79 Å². The van der Waals surface area contributed by atoms with Gasteiger partial charge in [0.2, 0.25) is 0 Å². The Morgan fingerprint density at radius 1 is 0.935 bits per heavy atom. The SMILES string of the molecule is CCCCCCCN(CCOc1ccc(C[C@@H](OCC)C(=O)OCC)cc1)C(=O)OC. The van der Waals surface area contributed by atoms with E-state index in [0.717, 1.165) is 18.4 Å². The third kappa shape index (κ3) is 11.1. The summed E-state index contributed by atoms with van der Waals surface area (Å²) in [6, 6.07) is 7.53. The van der Waals surface area contributed by atoms with E-state index in [-0.39, 0.29) is 12.1 Å². The fraction of sp³-hybridized carbons (Fsp3) is 0.667. The number of hydrogen-bond donors (Lipinski definition) is 0. The van der Waals surface area contributed by atoms with Crippen LogP contribution in [0.15, 0.2) is 24.3 Å². The molecule has 0 unspecified atom stereocenters. The molecule has 1 aromatic carbocycles. The number of esters is 1. The van der Waals surface area contributed by atoms with Crippen LogP contribution in [0.3, 0.4) is 0 Å². The van der Waals surface area contributed by atoms with Gasteiger partial charge in [-0.3, -0.25) is 0 Å². The lowest BCUT2D eigenvalue weighted by molar-refractivity contribution is -0.156. The molecule has 0 bridgehead atoms. The number of rotatable bonds is 16. The lowest BCUT2D eigenvalue weighted by atomic mass is 10.1. The molecule has 7 heteroatoms. The molecule has 1 rings (SSSR count). The highest BCUT2D eigenvalue weighted by molar-refractivity contribution is 5.75. The van der Waals surface area contributed by atoms with E-state index in [4.69, 9.17) is 18.9 Å². The monoisotopic (exact) mass is 437 g/mol. The van der Waals surface area contributed by atoms with Gasteiger partial charge in [-0.15, -0.1) is 0 Å². The van der Waals surface area contributed by atoms with Crippen LogP contribution < -0.4 is 4.74 Å². The molecule has 0 aliphatic heterocycles. The summed E-state index contributed by atoms with van der Waals surface area (Å²) in [5.74, 6) is 0.364. The van der Waals surface area contributed by atoms with E-state index in [9.17, 15) is 9.59 Å². The Labute approximate surface area is 187 Å². The van der Waals surface area contributed by atoms with Crippen molar-refractivity contribution >= 4 is 12.1 Å². The van der Waals surface area contributed by atoms with Gasteiger partial charge in [-0.1, -0.05) is 44.7 Å². The van der Waals surface area contributed by atoms with Crippen LogP contribution in [0, 0.1) is 0 Å². The first-order valence-electron chi connectivity index (χ1n) is 11.4. The van der Waals surface area contributed by atoms with Crippen LogP contribution in [-0.4, -0.2) is 63.1 Å². The molecule has 0 saturated carbocycles. The Hall–Kier alpha value is -2.28. The molecule has 0 aliphatic rings. The van der Waals surface area contributed by atoms with E-state index in [1.54, 1.807) is 11.8 Å². The molecule has 31 heavy (non-hydrogen) atoms. The molecule has 7 nitrogen and oxygen atoms in total. The van der Waals surface area contributed by atoms with Crippen molar-refractivity contribution in [1.29, 1.82) is 0 Å². The maximum Gasteiger partial charge on any atom is 0.409 e. The van der Waals surface area contributed by atoms with Gasteiger partial charge in [-0.25, -0.2) is 9.59 Å². The summed E-state index contributed by atoms with van der Waals surface area (Å²) < 4.78 is 21.3. The van der Waals surface area contributed by atoms with E-state index in [0.29, 0.717) is 45.1 Å². The smallest absolute Gasteiger partial charge is 0.409 e. The maximum absolute atomic E-state index is 12.0. The lowest BCUT2D eigenvalue weighted by Gasteiger charge is -2.21. The summed E-state index contributed by atoms with van der Waals surface area (Å²) in [6.07, 6.45) is 5.20. The Balaban J connectivity index is 2.49. The molecule has 0 fully saturated rings. The second-order valence-corrected chi connectivity index (χ2v) is 7.26. The topological polar surface area (TPSA) is 74.3 Å². The van der Waals surface area contributed by atoms with Crippen molar-refractivity contribution in [2.24, 2.45) is 0 Å². The van der Waals surface area contributed by atoms with E-state index >= 15 is 0 Å². The van der Waals surface area contributed by atoms with Gasteiger partial charge in [0.1, 0.15) is 12.4 Å². The number of nitrogens with zero attached hydrogens (tertiary/aromatic N) is 1. The average Bonchev–Trinajstić information content (AvgIpc) is 2.78. The summed E-state index contributed by atoms with van der Waals surface area (Å²) in [5, 5.41) is 0. The summed E-state index contributed by atoms with van der Waals surface area (Å²) >= 11 is 0.